The topological polar surface area (TPSA) is 66.3 Å². The molecule has 1 aromatic carbocycles. The molecule has 1 aromatic rings. The Labute approximate surface area is 163 Å². The van der Waals surface area contributed by atoms with Gasteiger partial charge in [-0.2, -0.15) is 0 Å². The Morgan fingerprint density at radius 3 is 2.85 bits per heavy atom. The van der Waals surface area contributed by atoms with Gasteiger partial charge in [0.25, 0.3) is 0 Å². The molecule has 0 N–H and O–H groups in total. The molecule has 0 bridgehead atoms. The normalized spacial score (nSPS) is 17.6. The Morgan fingerprint density at radius 2 is 2.19 bits per heavy atom. The molecule has 0 saturated heterocycles. The van der Waals surface area contributed by atoms with E-state index in [0.717, 1.165) is 22.9 Å². The second-order valence-corrected chi connectivity index (χ2v) is 7.35. The van der Waals surface area contributed by atoms with E-state index in [1.165, 1.54) is 7.11 Å². The second kappa shape index (κ2) is 9.92. The van der Waals surface area contributed by atoms with E-state index in [2.05, 4.69) is 28.0 Å². The van der Waals surface area contributed by atoms with Crippen molar-refractivity contribution in [2.75, 3.05) is 20.3 Å². The molecule has 26 heavy (non-hydrogen) atoms. The molecule has 0 saturated carbocycles. The first-order valence-corrected chi connectivity index (χ1v) is 9.63. The largest absolute Gasteiger partial charge is 0.478 e. The number of rotatable bonds is 9. The average Bonchev–Trinajstić information content (AvgIpc) is 3.08. The van der Waals surface area contributed by atoms with Crippen LogP contribution >= 0.6 is 15.9 Å². The molecule has 7 heteroatoms. The summed E-state index contributed by atoms with van der Waals surface area (Å²) in [6, 6.07) is 5.56. The molecule has 1 heterocycles. The van der Waals surface area contributed by atoms with Gasteiger partial charge >= 0.3 is 5.97 Å². The van der Waals surface area contributed by atoms with Crippen LogP contribution in [-0.4, -0.2) is 44.2 Å². The summed E-state index contributed by atoms with van der Waals surface area (Å²) < 4.78 is 17.7. The molecule has 1 aliphatic heterocycles. The van der Waals surface area contributed by atoms with E-state index in [4.69, 9.17) is 19.0 Å². The SMILES string of the molecule is CCCCO[C@@H]1CON=C1c1cc(Br)ccc1O[C@H](C(=O)OC)C(C)C. The van der Waals surface area contributed by atoms with Gasteiger partial charge < -0.3 is 19.0 Å². The van der Waals surface area contributed by atoms with Crippen LogP contribution in [0, 0.1) is 5.92 Å². The zero-order valence-corrected chi connectivity index (χ0v) is 17.2. The molecule has 0 fully saturated rings. The molecule has 0 amide bonds. The van der Waals surface area contributed by atoms with Crippen LogP contribution in [0.3, 0.4) is 0 Å². The molecule has 6 nitrogen and oxygen atoms in total. The van der Waals surface area contributed by atoms with Gasteiger partial charge in [0, 0.05) is 22.6 Å². The van der Waals surface area contributed by atoms with Crippen LogP contribution in [0.1, 0.15) is 39.2 Å². The maximum absolute atomic E-state index is 12.1. The molecule has 1 aliphatic rings. The number of halogens is 1. The quantitative estimate of drug-likeness (QED) is 0.440. The van der Waals surface area contributed by atoms with E-state index in [1.807, 2.05) is 32.0 Å². The average molecular weight is 428 g/mol. The van der Waals surface area contributed by atoms with Gasteiger partial charge in [0.15, 0.2) is 6.10 Å². The third-order valence-electron chi connectivity index (χ3n) is 4.02. The molecule has 0 radical (unpaired) electrons. The number of methoxy groups -OCH3 is 1. The van der Waals surface area contributed by atoms with E-state index >= 15 is 0 Å². The Hall–Kier alpha value is -1.60. The minimum Gasteiger partial charge on any atom is -0.478 e. The zero-order chi connectivity index (χ0) is 19.1. The van der Waals surface area contributed by atoms with Gasteiger partial charge in [0.2, 0.25) is 0 Å². The second-order valence-electron chi connectivity index (χ2n) is 6.43. The van der Waals surface area contributed by atoms with E-state index in [0.29, 0.717) is 24.7 Å². The number of carbonyl (C=O) groups excluding carboxylic acids is 1. The Morgan fingerprint density at radius 1 is 1.42 bits per heavy atom. The third kappa shape index (κ3) is 5.20. The standard InChI is InChI=1S/C19H26BrNO5/c1-5-6-9-24-16-11-25-21-17(16)14-10-13(20)7-8-15(14)26-18(12(2)3)19(22)23-4/h7-8,10,12,16,18H,5-6,9,11H2,1-4H3/t16-,18+/m1/s1. The van der Waals surface area contributed by atoms with Crippen LogP contribution in [0.15, 0.2) is 27.8 Å². The van der Waals surface area contributed by atoms with Gasteiger partial charge in [-0.1, -0.05) is 48.3 Å². The number of unbranched alkanes of at least 4 members (excludes halogenated alkanes) is 1. The fourth-order valence-corrected chi connectivity index (χ4v) is 2.91. The van der Waals surface area contributed by atoms with Crippen LogP contribution in [-0.2, 0) is 19.1 Å². The van der Waals surface area contributed by atoms with Crippen LogP contribution < -0.4 is 4.74 Å². The number of esters is 1. The summed E-state index contributed by atoms with van der Waals surface area (Å²) in [5.41, 5.74) is 1.41. The summed E-state index contributed by atoms with van der Waals surface area (Å²) in [6.07, 6.45) is 1.07. The van der Waals surface area contributed by atoms with Crippen molar-refractivity contribution in [1.29, 1.82) is 0 Å². The number of carbonyl (C=O) groups is 1. The first kappa shape index (κ1) is 20.7. The van der Waals surface area contributed by atoms with Crippen molar-refractivity contribution in [2.24, 2.45) is 11.1 Å². The lowest BCUT2D eigenvalue weighted by atomic mass is 10.0. The molecule has 0 unspecified atom stereocenters. The molecule has 2 atom stereocenters. The first-order chi connectivity index (χ1) is 12.5. The summed E-state index contributed by atoms with van der Waals surface area (Å²) in [5.74, 6) is 0.0946. The molecule has 2 rings (SSSR count). The van der Waals surface area contributed by atoms with E-state index in [1.54, 1.807) is 0 Å². The lowest BCUT2D eigenvalue weighted by Gasteiger charge is -2.22. The van der Waals surface area contributed by atoms with Gasteiger partial charge in [0.05, 0.1) is 7.11 Å². The number of ether oxygens (including phenoxy) is 3. The van der Waals surface area contributed by atoms with Crippen molar-refractivity contribution in [3.05, 3.63) is 28.2 Å². The maximum Gasteiger partial charge on any atom is 0.347 e. The molecule has 0 aliphatic carbocycles. The summed E-state index contributed by atoms with van der Waals surface area (Å²) in [4.78, 5) is 17.3. The van der Waals surface area contributed by atoms with Crippen LogP contribution in [0.25, 0.3) is 0 Å². The minimum atomic E-state index is -0.706. The van der Waals surface area contributed by atoms with Gasteiger partial charge in [-0.15, -0.1) is 0 Å². The van der Waals surface area contributed by atoms with Crippen molar-refractivity contribution in [3.8, 4) is 5.75 Å². The molecular formula is C19H26BrNO5. The fourth-order valence-electron chi connectivity index (χ4n) is 2.55. The van der Waals surface area contributed by atoms with Crippen molar-refractivity contribution in [3.63, 3.8) is 0 Å². The van der Waals surface area contributed by atoms with E-state index in [-0.39, 0.29) is 12.0 Å². The smallest absolute Gasteiger partial charge is 0.347 e. The van der Waals surface area contributed by atoms with Gasteiger partial charge in [0.1, 0.15) is 24.2 Å². The lowest BCUT2D eigenvalue weighted by Crippen LogP contribution is -2.34. The lowest BCUT2D eigenvalue weighted by molar-refractivity contribution is -0.150. The predicted octanol–water partition coefficient (Wildman–Crippen LogP) is 3.95. The minimum absolute atomic E-state index is 0.0442. The van der Waals surface area contributed by atoms with Gasteiger partial charge in [-0.05, 0) is 24.6 Å². The summed E-state index contributed by atoms with van der Waals surface area (Å²) in [5, 5.41) is 4.16. The summed E-state index contributed by atoms with van der Waals surface area (Å²) >= 11 is 3.48. The Bertz CT molecular complexity index is 647. The highest BCUT2D eigenvalue weighted by Crippen LogP contribution is 2.29. The van der Waals surface area contributed by atoms with Gasteiger partial charge in [-0.25, -0.2) is 4.79 Å². The van der Waals surface area contributed by atoms with Crippen molar-refractivity contribution >= 4 is 27.6 Å². The first-order valence-electron chi connectivity index (χ1n) is 8.83. The zero-order valence-electron chi connectivity index (χ0n) is 15.7. The monoisotopic (exact) mass is 427 g/mol. The maximum atomic E-state index is 12.1. The fraction of sp³-hybridized carbons (Fsp3) is 0.579. The summed E-state index contributed by atoms with van der Waals surface area (Å²) in [6.45, 7) is 6.95. The van der Waals surface area contributed by atoms with Gasteiger partial charge in [-0.3, -0.25) is 0 Å². The van der Waals surface area contributed by atoms with Crippen molar-refractivity contribution < 1.29 is 23.8 Å². The molecule has 0 spiro atoms. The molecule has 0 aromatic heterocycles. The number of oxime groups is 1. The molecular weight excluding hydrogens is 402 g/mol. The van der Waals surface area contributed by atoms with Crippen LogP contribution in [0.4, 0.5) is 0 Å². The number of hydrogen-bond donors (Lipinski definition) is 0. The van der Waals surface area contributed by atoms with E-state index < -0.39 is 12.1 Å². The van der Waals surface area contributed by atoms with Crippen molar-refractivity contribution in [1.82, 2.24) is 0 Å². The highest BCUT2D eigenvalue weighted by molar-refractivity contribution is 9.10. The highest BCUT2D eigenvalue weighted by atomic mass is 79.9. The Balaban J connectivity index is 2.28. The van der Waals surface area contributed by atoms with E-state index in [9.17, 15) is 4.79 Å². The number of hydrogen-bond acceptors (Lipinski definition) is 6. The predicted molar refractivity (Wildman–Crippen MR) is 103 cm³/mol. The van der Waals surface area contributed by atoms with Crippen LogP contribution in [0.2, 0.25) is 0 Å². The molecule has 144 valence electrons. The Kier molecular flexibility index (Phi) is 7.90. The van der Waals surface area contributed by atoms with Crippen molar-refractivity contribution in [2.45, 2.75) is 45.8 Å². The highest BCUT2D eigenvalue weighted by Gasteiger charge is 2.31. The third-order valence-corrected chi connectivity index (χ3v) is 4.51. The van der Waals surface area contributed by atoms with Crippen LogP contribution in [0.5, 0.6) is 5.75 Å². The number of nitrogens with zero attached hydrogens (tertiary/aromatic N) is 1. The number of benzene rings is 1. The summed E-state index contributed by atoms with van der Waals surface area (Å²) in [7, 11) is 1.36.